The quantitative estimate of drug-likeness (QED) is 0.629. The van der Waals surface area contributed by atoms with Gasteiger partial charge in [0.2, 0.25) is 0 Å². The Labute approximate surface area is 91.5 Å². The number of ketones is 1. The lowest BCUT2D eigenvalue weighted by atomic mass is 9.70. The van der Waals surface area contributed by atoms with Crippen LogP contribution in [0.1, 0.15) is 43.1 Å². The van der Waals surface area contributed by atoms with Crippen molar-refractivity contribution in [2.45, 2.75) is 33.6 Å². The maximum atomic E-state index is 12.3. The van der Waals surface area contributed by atoms with Gasteiger partial charge in [0.25, 0.3) is 0 Å². The standard InChI is InChI=1S/C14H18O/c1-14(2,3)12-9-8-10-6-4-5-7-11(10)13(12)15/h4-7,12H,8-9H2,1-3H3. The zero-order valence-corrected chi connectivity index (χ0v) is 9.71. The van der Waals surface area contributed by atoms with Crippen LogP contribution in [0.4, 0.5) is 0 Å². The van der Waals surface area contributed by atoms with E-state index in [1.165, 1.54) is 5.56 Å². The van der Waals surface area contributed by atoms with Crippen molar-refractivity contribution in [3.05, 3.63) is 35.4 Å². The maximum Gasteiger partial charge on any atom is 0.166 e. The molecule has 0 radical (unpaired) electrons. The minimum Gasteiger partial charge on any atom is -0.294 e. The first-order chi connectivity index (χ1) is 7.00. The number of aryl methyl sites for hydroxylation is 1. The highest BCUT2D eigenvalue weighted by atomic mass is 16.1. The molecule has 1 nitrogen and oxygen atoms in total. The summed E-state index contributed by atoms with van der Waals surface area (Å²) in [6, 6.07) is 8.02. The molecule has 0 spiro atoms. The molecule has 1 aromatic carbocycles. The van der Waals surface area contributed by atoms with Gasteiger partial charge in [0.05, 0.1) is 0 Å². The summed E-state index contributed by atoms with van der Waals surface area (Å²) in [5.74, 6) is 0.525. The highest BCUT2D eigenvalue weighted by Crippen LogP contribution is 2.36. The third-order valence-electron chi connectivity index (χ3n) is 3.35. The SMILES string of the molecule is CC(C)(C)C1CCc2ccccc2C1=O. The fourth-order valence-electron chi connectivity index (χ4n) is 2.42. The van der Waals surface area contributed by atoms with Crippen molar-refractivity contribution < 1.29 is 4.79 Å². The number of rotatable bonds is 0. The zero-order chi connectivity index (χ0) is 11.1. The van der Waals surface area contributed by atoms with Crippen LogP contribution in [0, 0.1) is 11.3 Å². The van der Waals surface area contributed by atoms with E-state index in [4.69, 9.17) is 0 Å². The Balaban J connectivity index is 2.38. The number of benzene rings is 1. The molecule has 0 aromatic heterocycles. The summed E-state index contributed by atoms with van der Waals surface area (Å²) in [5.41, 5.74) is 2.26. The van der Waals surface area contributed by atoms with Crippen molar-refractivity contribution in [1.82, 2.24) is 0 Å². The summed E-state index contributed by atoms with van der Waals surface area (Å²) in [6.07, 6.45) is 2.04. The van der Waals surface area contributed by atoms with Crippen molar-refractivity contribution in [3.8, 4) is 0 Å². The molecule has 0 N–H and O–H groups in total. The van der Waals surface area contributed by atoms with Crippen LogP contribution in [-0.2, 0) is 6.42 Å². The van der Waals surface area contributed by atoms with Crippen molar-refractivity contribution >= 4 is 5.78 Å². The molecule has 0 saturated heterocycles. The number of carbonyl (C=O) groups is 1. The van der Waals surface area contributed by atoms with E-state index in [9.17, 15) is 4.79 Å². The molecule has 0 amide bonds. The van der Waals surface area contributed by atoms with Gasteiger partial charge in [0.15, 0.2) is 5.78 Å². The Hall–Kier alpha value is -1.11. The largest absolute Gasteiger partial charge is 0.294 e. The molecule has 1 aromatic rings. The third kappa shape index (κ3) is 1.83. The van der Waals surface area contributed by atoms with Crippen LogP contribution in [0.15, 0.2) is 24.3 Å². The van der Waals surface area contributed by atoms with Crippen LogP contribution >= 0.6 is 0 Å². The summed E-state index contributed by atoms with van der Waals surface area (Å²) in [4.78, 5) is 12.3. The smallest absolute Gasteiger partial charge is 0.166 e. The van der Waals surface area contributed by atoms with Gasteiger partial charge in [-0.2, -0.15) is 0 Å². The average Bonchev–Trinajstić information content (AvgIpc) is 2.16. The first kappa shape index (κ1) is 10.4. The molecule has 0 heterocycles. The Morgan fingerprint density at radius 1 is 1.20 bits per heavy atom. The van der Waals surface area contributed by atoms with E-state index in [0.29, 0.717) is 5.78 Å². The van der Waals surface area contributed by atoms with Crippen molar-refractivity contribution in [1.29, 1.82) is 0 Å². The lowest BCUT2D eigenvalue weighted by Gasteiger charge is -2.33. The first-order valence-corrected chi connectivity index (χ1v) is 5.62. The molecule has 0 aliphatic heterocycles. The number of fused-ring (bicyclic) bond motifs is 1. The summed E-state index contributed by atoms with van der Waals surface area (Å²) in [6.45, 7) is 6.47. The van der Waals surface area contributed by atoms with Crippen LogP contribution in [0.5, 0.6) is 0 Å². The number of Topliss-reactive ketones (excluding diaryl/α,β-unsaturated/α-hetero) is 1. The number of hydrogen-bond donors (Lipinski definition) is 0. The average molecular weight is 202 g/mol. The summed E-state index contributed by atoms with van der Waals surface area (Å²) in [7, 11) is 0. The summed E-state index contributed by atoms with van der Waals surface area (Å²) < 4.78 is 0. The second-order valence-corrected chi connectivity index (χ2v) is 5.48. The van der Waals surface area contributed by atoms with E-state index in [-0.39, 0.29) is 11.3 Å². The molecule has 1 heteroatoms. The van der Waals surface area contributed by atoms with Gasteiger partial charge >= 0.3 is 0 Å². The van der Waals surface area contributed by atoms with Gasteiger partial charge in [0, 0.05) is 11.5 Å². The second-order valence-electron chi connectivity index (χ2n) is 5.48. The monoisotopic (exact) mass is 202 g/mol. The summed E-state index contributed by atoms with van der Waals surface area (Å²) in [5, 5.41) is 0. The number of hydrogen-bond acceptors (Lipinski definition) is 1. The molecule has 1 unspecified atom stereocenters. The van der Waals surface area contributed by atoms with Crippen LogP contribution in [0.25, 0.3) is 0 Å². The van der Waals surface area contributed by atoms with Gasteiger partial charge in [-0.15, -0.1) is 0 Å². The molecule has 0 saturated carbocycles. The Morgan fingerprint density at radius 3 is 2.53 bits per heavy atom. The highest BCUT2D eigenvalue weighted by molar-refractivity contribution is 6.00. The lowest BCUT2D eigenvalue weighted by Crippen LogP contribution is -2.32. The van der Waals surface area contributed by atoms with Gasteiger partial charge < -0.3 is 0 Å². The van der Waals surface area contributed by atoms with Crippen LogP contribution in [-0.4, -0.2) is 5.78 Å². The minimum atomic E-state index is 0.0879. The minimum absolute atomic E-state index is 0.0879. The van der Waals surface area contributed by atoms with E-state index in [1.54, 1.807) is 0 Å². The van der Waals surface area contributed by atoms with E-state index >= 15 is 0 Å². The molecule has 1 aliphatic rings. The van der Waals surface area contributed by atoms with Crippen molar-refractivity contribution in [2.24, 2.45) is 11.3 Å². The fraction of sp³-hybridized carbons (Fsp3) is 0.500. The highest BCUT2D eigenvalue weighted by Gasteiger charge is 2.35. The first-order valence-electron chi connectivity index (χ1n) is 5.62. The molecule has 2 rings (SSSR count). The normalized spacial score (nSPS) is 21.3. The molecule has 80 valence electrons. The molecular weight excluding hydrogens is 184 g/mol. The molecule has 1 atom stereocenters. The zero-order valence-electron chi connectivity index (χ0n) is 9.71. The predicted octanol–water partition coefficient (Wildman–Crippen LogP) is 3.48. The van der Waals surface area contributed by atoms with Crippen LogP contribution in [0.2, 0.25) is 0 Å². The van der Waals surface area contributed by atoms with Crippen molar-refractivity contribution in [2.75, 3.05) is 0 Å². The van der Waals surface area contributed by atoms with Crippen LogP contribution < -0.4 is 0 Å². The van der Waals surface area contributed by atoms with E-state index in [1.807, 2.05) is 18.2 Å². The second kappa shape index (κ2) is 3.48. The molecule has 15 heavy (non-hydrogen) atoms. The fourth-order valence-corrected chi connectivity index (χ4v) is 2.42. The third-order valence-corrected chi connectivity index (χ3v) is 3.35. The Kier molecular flexibility index (Phi) is 2.41. The predicted molar refractivity (Wildman–Crippen MR) is 62.0 cm³/mol. The van der Waals surface area contributed by atoms with E-state index in [0.717, 1.165) is 18.4 Å². The summed E-state index contributed by atoms with van der Waals surface area (Å²) >= 11 is 0. The van der Waals surface area contributed by atoms with Gasteiger partial charge in [-0.05, 0) is 23.8 Å². The maximum absolute atomic E-state index is 12.3. The molecular formula is C14H18O. The van der Waals surface area contributed by atoms with E-state index < -0.39 is 0 Å². The van der Waals surface area contributed by atoms with E-state index in [2.05, 4.69) is 26.8 Å². The van der Waals surface area contributed by atoms with Gasteiger partial charge in [-0.1, -0.05) is 45.0 Å². The van der Waals surface area contributed by atoms with Crippen LogP contribution in [0.3, 0.4) is 0 Å². The van der Waals surface area contributed by atoms with Gasteiger partial charge in [-0.25, -0.2) is 0 Å². The lowest BCUT2D eigenvalue weighted by molar-refractivity contribution is 0.0788. The Bertz CT molecular complexity index is 385. The molecule has 0 bridgehead atoms. The van der Waals surface area contributed by atoms with Crippen molar-refractivity contribution in [3.63, 3.8) is 0 Å². The number of carbonyl (C=O) groups excluding carboxylic acids is 1. The Morgan fingerprint density at radius 2 is 1.87 bits per heavy atom. The van der Waals surface area contributed by atoms with Gasteiger partial charge in [-0.3, -0.25) is 4.79 Å². The molecule has 0 fully saturated rings. The molecule has 1 aliphatic carbocycles. The van der Waals surface area contributed by atoms with Gasteiger partial charge in [0.1, 0.15) is 0 Å². The topological polar surface area (TPSA) is 17.1 Å².